The number of allylic oxidation sites excluding steroid dienone is 4. The number of aryl methyl sites for hydroxylation is 2. The van der Waals surface area contributed by atoms with E-state index in [1.165, 1.54) is 0 Å². The normalized spacial score (nSPS) is 22.6. The van der Waals surface area contributed by atoms with Crippen molar-refractivity contribution in [2.75, 3.05) is 0 Å². The van der Waals surface area contributed by atoms with Gasteiger partial charge in [-0.3, -0.25) is 0 Å². The second-order valence-corrected chi connectivity index (χ2v) is 10.6. The van der Waals surface area contributed by atoms with Crippen LogP contribution in [0.3, 0.4) is 0 Å². The maximum Gasteiger partial charge on any atom is 0.166 e. The SMILES string of the molecule is CCCCC1CC=C(C2CCC(CCc3ccc(-c4ccc(CC)cc4)c(F)c3F)CC2)C(F)=C1F. The quantitative estimate of drug-likeness (QED) is 0.302. The summed E-state index contributed by atoms with van der Waals surface area (Å²) in [5, 5.41) is 0. The fourth-order valence-corrected chi connectivity index (χ4v) is 5.87. The number of halogens is 4. The summed E-state index contributed by atoms with van der Waals surface area (Å²) in [4.78, 5) is 0. The fraction of sp³-hybridized carbons (Fsp3) is 0.500. The highest BCUT2D eigenvalue weighted by atomic mass is 19.2. The topological polar surface area (TPSA) is 0 Å². The lowest BCUT2D eigenvalue weighted by Crippen LogP contribution is -2.20. The zero-order valence-electron chi connectivity index (χ0n) is 21.6. The molecule has 0 N–H and O–H groups in total. The molecule has 2 aliphatic rings. The Balaban J connectivity index is 1.32. The van der Waals surface area contributed by atoms with Crippen LogP contribution in [-0.4, -0.2) is 0 Å². The third-order valence-corrected chi connectivity index (χ3v) is 8.29. The van der Waals surface area contributed by atoms with Crippen molar-refractivity contribution in [3.8, 4) is 11.1 Å². The van der Waals surface area contributed by atoms with E-state index < -0.39 is 23.3 Å². The van der Waals surface area contributed by atoms with Gasteiger partial charge in [-0.1, -0.05) is 69.2 Å². The van der Waals surface area contributed by atoms with Crippen LogP contribution in [0.25, 0.3) is 11.1 Å². The molecule has 1 unspecified atom stereocenters. The van der Waals surface area contributed by atoms with E-state index in [0.29, 0.717) is 47.4 Å². The first-order valence-corrected chi connectivity index (χ1v) is 13.7. The Kier molecular flexibility index (Phi) is 9.09. The summed E-state index contributed by atoms with van der Waals surface area (Å²) in [6, 6.07) is 11.0. The molecule has 0 bridgehead atoms. The van der Waals surface area contributed by atoms with Gasteiger partial charge < -0.3 is 0 Å². The molecule has 0 radical (unpaired) electrons. The van der Waals surface area contributed by atoms with Crippen LogP contribution in [0.2, 0.25) is 0 Å². The van der Waals surface area contributed by atoms with E-state index in [0.717, 1.165) is 56.9 Å². The Bertz CT molecular complexity index is 1090. The van der Waals surface area contributed by atoms with Crippen LogP contribution in [0.4, 0.5) is 17.6 Å². The molecule has 0 saturated heterocycles. The molecule has 4 heteroatoms. The van der Waals surface area contributed by atoms with Gasteiger partial charge in [0.15, 0.2) is 17.5 Å². The number of unbranched alkanes of at least 4 members (excludes halogenated alkanes) is 1. The third-order valence-electron chi connectivity index (χ3n) is 8.29. The molecular formula is C32H38F4. The summed E-state index contributed by atoms with van der Waals surface area (Å²) in [6.45, 7) is 4.12. The van der Waals surface area contributed by atoms with E-state index >= 15 is 0 Å². The Hall–Kier alpha value is -2.36. The molecule has 0 aromatic heterocycles. The van der Waals surface area contributed by atoms with Crippen molar-refractivity contribution in [1.29, 1.82) is 0 Å². The van der Waals surface area contributed by atoms with Crippen molar-refractivity contribution in [2.24, 2.45) is 17.8 Å². The Morgan fingerprint density at radius 2 is 1.53 bits per heavy atom. The highest BCUT2D eigenvalue weighted by Crippen LogP contribution is 2.43. The van der Waals surface area contributed by atoms with Crippen LogP contribution >= 0.6 is 0 Å². The van der Waals surface area contributed by atoms with Crippen molar-refractivity contribution < 1.29 is 17.6 Å². The maximum absolute atomic E-state index is 14.9. The molecule has 0 nitrogen and oxygen atoms in total. The van der Waals surface area contributed by atoms with Crippen LogP contribution < -0.4 is 0 Å². The predicted octanol–water partition coefficient (Wildman–Crippen LogP) is 10.2. The van der Waals surface area contributed by atoms with E-state index in [1.54, 1.807) is 12.1 Å². The van der Waals surface area contributed by atoms with E-state index in [2.05, 4.69) is 13.8 Å². The molecule has 1 atom stereocenters. The summed E-state index contributed by atoms with van der Waals surface area (Å²) in [5.74, 6) is -2.56. The van der Waals surface area contributed by atoms with E-state index in [4.69, 9.17) is 0 Å². The summed E-state index contributed by atoms with van der Waals surface area (Å²) >= 11 is 0. The first-order valence-electron chi connectivity index (χ1n) is 13.7. The molecule has 0 aliphatic heterocycles. The second-order valence-electron chi connectivity index (χ2n) is 10.6. The molecular weight excluding hydrogens is 460 g/mol. The molecule has 0 spiro atoms. The largest absolute Gasteiger partial charge is 0.208 e. The lowest BCUT2D eigenvalue weighted by molar-refractivity contribution is 0.279. The molecule has 0 heterocycles. The lowest BCUT2D eigenvalue weighted by atomic mass is 9.74. The van der Waals surface area contributed by atoms with Crippen molar-refractivity contribution >= 4 is 0 Å². The van der Waals surface area contributed by atoms with E-state index in [9.17, 15) is 17.6 Å². The Morgan fingerprint density at radius 3 is 2.19 bits per heavy atom. The molecule has 2 aromatic rings. The average molecular weight is 499 g/mol. The van der Waals surface area contributed by atoms with Gasteiger partial charge in [-0.05, 0) is 91.9 Å². The van der Waals surface area contributed by atoms with Gasteiger partial charge in [0.05, 0.1) is 0 Å². The van der Waals surface area contributed by atoms with Gasteiger partial charge in [-0.25, -0.2) is 17.6 Å². The van der Waals surface area contributed by atoms with Crippen LogP contribution in [-0.2, 0) is 12.8 Å². The van der Waals surface area contributed by atoms with Crippen molar-refractivity contribution in [3.05, 3.63) is 82.5 Å². The third kappa shape index (κ3) is 5.95. The van der Waals surface area contributed by atoms with Gasteiger partial charge in [0.1, 0.15) is 5.83 Å². The summed E-state index contributed by atoms with van der Waals surface area (Å²) < 4.78 is 59.1. The van der Waals surface area contributed by atoms with Crippen LogP contribution in [0.1, 0.15) is 82.8 Å². The smallest absolute Gasteiger partial charge is 0.166 e. The van der Waals surface area contributed by atoms with Crippen molar-refractivity contribution in [2.45, 2.75) is 84.5 Å². The van der Waals surface area contributed by atoms with Crippen LogP contribution in [0.15, 0.2) is 59.7 Å². The minimum atomic E-state index is -0.786. The first kappa shape index (κ1) is 26.7. The molecule has 36 heavy (non-hydrogen) atoms. The highest BCUT2D eigenvalue weighted by molar-refractivity contribution is 5.65. The van der Waals surface area contributed by atoms with Gasteiger partial charge in [-0.2, -0.15) is 0 Å². The van der Waals surface area contributed by atoms with Gasteiger partial charge in [0.25, 0.3) is 0 Å². The molecule has 2 aliphatic carbocycles. The van der Waals surface area contributed by atoms with Crippen LogP contribution in [0.5, 0.6) is 0 Å². The Morgan fingerprint density at radius 1 is 0.806 bits per heavy atom. The predicted molar refractivity (Wildman–Crippen MR) is 140 cm³/mol. The van der Waals surface area contributed by atoms with E-state index in [1.807, 2.05) is 30.3 Å². The zero-order valence-corrected chi connectivity index (χ0v) is 21.6. The van der Waals surface area contributed by atoms with E-state index in [-0.39, 0.29) is 11.8 Å². The van der Waals surface area contributed by atoms with Gasteiger partial charge in [-0.15, -0.1) is 0 Å². The van der Waals surface area contributed by atoms with Gasteiger partial charge in [0.2, 0.25) is 0 Å². The van der Waals surface area contributed by atoms with Gasteiger partial charge in [0, 0.05) is 11.5 Å². The fourth-order valence-electron chi connectivity index (χ4n) is 5.87. The number of hydrogen-bond acceptors (Lipinski definition) is 0. The standard InChI is InChI=1S/C32H38F4/c1-3-5-6-25-17-19-27(31(35)29(25)33)24-14-9-22(10-15-24)11-16-26-18-20-28(32(36)30(26)34)23-12-7-21(4-2)8-13-23/h7-8,12-13,18-20,22,24-25H,3-6,9-11,14-17H2,1-2H3. The maximum atomic E-state index is 14.9. The molecule has 1 saturated carbocycles. The number of hydrogen-bond donors (Lipinski definition) is 0. The highest BCUT2D eigenvalue weighted by Gasteiger charge is 2.31. The molecule has 194 valence electrons. The molecule has 2 aromatic carbocycles. The first-order chi connectivity index (χ1) is 17.4. The zero-order chi connectivity index (χ0) is 25.7. The number of rotatable bonds is 9. The summed E-state index contributed by atoms with van der Waals surface area (Å²) in [5.41, 5.74) is 3.10. The minimum absolute atomic E-state index is 0.0617. The molecule has 4 rings (SSSR count). The molecule has 0 amide bonds. The van der Waals surface area contributed by atoms with Crippen molar-refractivity contribution in [3.63, 3.8) is 0 Å². The lowest BCUT2D eigenvalue weighted by Gasteiger charge is -2.32. The second kappa shape index (κ2) is 12.3. The average Bonchev–Trinajstić information content (AvgIpc) is 2.91. The molecule has 1 fully saturated rings. The summed E-state index contributed by atoms with van der Waals surface area (Å²) in [7, 11) is 0. The Labute approximate surface area is 213 Å². The number of benzene rings is 2. The monoisotopic (exact) mass is 498 g/mol. The minimum Gasteiger partial charge on any atom is -0.208 e. The van der Waals surface area contributed by atoms with Gasteiger partial charge >= 0.3 is 0 Å². The summed E-state index contributed by atoms with van der Waals surface area (Å²) in [6.07, 6.45) is 10.7. The van der Waals surface area contributed by atoms with Crippen molar-refractivity contribution in [1.82, 2.24) is 0 Å². The van der Waals surface area contributed by atoms with Crippen LogP contribution in [0, 0.1) is 29.4 Å².